The van der Waals surface area contributed by atoms with E-state index in [1.165, 1.54) is 30.4 Å². The number of amides is 1. The van der Waals surface area contributed by atoms with Gasteiger partial charge in [0, 0.05) is 29.6 Å². The fourth-order valence-electron chi connectivity index (χ4n) is 6.61. The van der Waals surface area contributed by atoms with Crippen molar-refractivity contribution in [2.24, 2.45) is 13.0 Å². The molecule has 6 heteroatoms. The van der Waals surface area contributed by atoms with Gasteiger partial charge in [0.25, 0.3) is 11.5 Å². The summed E-state index contributed by atoms with van der Waals surface area (Å²) in [6.45, 7) is 4.16. The highest BCUT2D eigenvalue weighted by Gasteiger charge is 2.25. The van der Waals surface area contributed by atoms with Crippen molar-refractivity contribution in [1.82, 2.24) is 9.55 Å². The minimum absolute atomic E-state index is 0.157. The van der Waals surface area contributed by atoms with Gasteiger partial charge in [0.2, 0.25) is 5.88 Å². The smallest absolute Gasteiger partial charge is 0.263 e. The molecule has 2 aromatic carbocycles. The molecule has 6 rings (SSSR count). The fraction of sp³-hybridized carbons (Fsp3) is 0.361. The Hall–Kier alpha value is -4.19. The van der Waals surface area contributed by atoms with E-state index in [0.717, 1.165) is 82.9 Å². The lowest BCUT2D eigenvalue weighted by atomic mass is 9.78. The first-order valence-corrected chi connectivity index (χ1v) is 15.2. The van der Waals surface area contributed by atoms with Crippen LogP contribution in [0.3, 0.4) is 0 Å². The molecule has 0 spiro atoms. The summed E-state index contributed by atoms with van der Waals surface area (Å²) in [7, 11) is 3.43. The number of hydrogen-bond acceptors (Lipinski definition) is 4. The number of ether oxygens (including phenoxy) is 1. The molecule has 2 aliphatic rings. The van der Waals surface area contributed by atoms with Crippen LogP contribution < -0.4 is 15.6 Å². The molecule has 216 valence electrons. The maximum atomic E-state index is 13.5. The SMILES string of the molecule is CCc1ccc(C(=O)Nc2cccc(-c3cccc(-c4cc5c(c(OC)n4)CCC5)c3C)c2CC2CCC2)c(=O)n1C. The van der Waals surface area contributed by atoms with E-state index in [-0.39, 0.29) is 17.0 Å². The molecular weight excluding hydrogens is 522 g/mol. The molecule has 4 aromatic rings. The lowest BCUT2D eigenvalue weighted by molar-refractivity contribution is 0.102. The molecule has 1 fully saturated rings. The van der Waals surface area contributed by atoms with Gasteiger partial charge in [-0.1, -0.05) is 56.5 Å². The van der Waals surface area contributed by atoms with Gasteiger partial charge < -0.3 is 14.6 Å². The number of rotatable bonds is 8. The Morgan fingerprint density at radius 2 is 1.79 bits per heavy atom. The van der Waals surface area contributed by atoms with E-state index in [1.807, 2.05) is 25.1 Å². The Bertz CT molecular complexity index is 1730. The first-order chi connectivity index (χ1) is 20.4. The Morgan fingerprint density at radius 1 is 1.02 bits per heavy atom. The monoisotopic (exact) mass is 561 g/mol. The van der Waals surface area contributed by atoms with Crippen molar-refractivity contribution in [3.05, 3.63) is 98.5 Å². The standard InChI is InChI=1S/C36H39N3O3/c1-5-25-18-19-30(36(41)39(25)3)34(40)37-32-17-9-16-29(31(32)20-23-10-6-11-23)26-13-8-14-27(22(26)2)33-21-24-12-7-15-28(24)35(38-33)42-4/h8-9,13-14,16-19,21,23H,5-7,10-12,15,20H2,1-4H3,(H,37,40). The molecular formula is C36H39N3O3. The largest absolute Gasteiger partial charge is 0.481 e. The van der Waals surface area contributed by atoms with Crippen molar-refractivity contribution in [3.63, 3.8) is 0 Å². The number of methoxy groups -OCH3 is 1. The Labute approximate surface area is 247 Å². The topological polar surface area (TPSA) is 73.2 Å². The van der Waals surface area contributed by atoms with Gasteiger partial charge in [-0.25, -0.2) is 4.98 Å². The van der Waals surface area contributed by atoms with Crippen molar-refractivity contribution in [2.45, 2.75) is 65.2 Å². The highest BCUT2D eigenvalue weighted by atomic mass is 16.5. The van der Waals surface area contributed by atoms with E-state index in [2.05, 4.69) is 42.6 Å². The Kier molecular flexibility index (Phi) is 7.72. The van der Waals surface area contributed by atoms with E-state index in [1.54, 1.807) is 24.8 Å². The second kappa shape index (κ2) is 11.6. The number of fused-ring (bicyclic) bond motifs is 1. The summed E-state index contributed by atoms with van der Waals surface area (Å²) in [6.07, 6.45) is 8.44. The molecule has 1 N–H and O–H groups in total. The Balaban J connectivity index is 1.42. The molecule has 0 saturated heterocycles. The zero-order valence-corrected chi connectivity index (χ0v) is 25.0. The quantitative estimate of drug-likeness (QED) is 0.250. The van der Waals surface area contributed by atoms with Crippen LogP contribution >= 0.6 is 0 Å². The van der Waals surface area contributed by atoms with E-state index in [9.17, 15) is 9.59 Å². The van der Waals surface area contributed by atoms with Crippen LogP contribution in [0.25, 0.3) is 22.4 Å². The molecule has 1 amide bonds. The zero-order valence-electron chi connectivity index (χ0n) is 25.0. The second-order valence-electron chi connectivity index (χ2n) is 11.7. The fourth-order valence-corrected chi connectivity index (χ4v) is 6.61. The van der Waals surface area contributed by atoms with Gasteiger partial charge in [-0.2, -0.15) is 0 Å². The van der Waals surface area contributed by atoms with Gasteiger partial charge in [0.15, 0.2) is 0 Å². The van der Waals surface area contributed by atoms with Crippen LogP contribution in [0, 0.1) is 12.8 Å². The number of carbonyl (C=O) groups is 1. The van der Waals surface area contributed by atoms with Crippen molar-refractivity contribution in [2.75, 3.05) is 12.4 Å². The normalized spacial score (nSPS) is 14.4. The molecule has 2 aliphatic carbocycles. The van der Waals surface area contributed by atoms with Crippen LogP contribution in [-0.2, 0) is 32.7 Å². The molecule has 0 atom stereocenters. The molecule has 0 bridgehead atoms. The summed E-state index contributed by atoms with van der Waals surface area (Å²) in [4.78, 5) is 31.4. The summed E-state index contributed by atoms with van der Waals surface area (Å²) < 4.78 is 7.27. The van der Waals surface area contributed by atoms with Crippen molar-refractivity contribution in [3.8, 4) is 28.3 Å². The van der Waals surface area contributed by atoms with Gasteiger partial charge in [-0.3, -0.25) is 9.59 Å². The number of nitrogens with zero attached hydrogens (tertiary/aromatic N) is 2. The maximum Gasteiger partial charge on any atom is 0.263 e. The summed E-state index contributed by atoms with van der Waals surface area (Å²) in [6, 6.07) is 18.2. The van der Waals surface area contributed by atoms with Crippen LogP contribution in [0.15, 0.2) is 59.4 Å². The summed E-state index contributed by atoms with van der Waals surface area (Å²) in [5, 5.41) is 3.12. The lowest BCUT2D eigenvalue weighted by Gasteiger charge is -2.28. The molecule has 6 nitrogen and oxygen atoms in total. The minimum atomic E-state index is -0.370. The van der Waals surface area contributed by atoms with Gasteiger partial charge in [0.1, 0.15) is 5.56 Å². The molecule has 1 saturated carbocycles. The third kappa shape index (κ3) is 5.04. The van der Waals surface area contributed by atoms with E-state index >= 15 is 0 Å². The van der Waals surface area contributed by atoms with E-state index in [0.29, 0.717) is 5.92 Å². The van der Waals surface area contributed by atoms with E-state index in [4.69, 9.17) is 9.72 Å². The van der Waals surface area contributed by atoms with E-state index < -0.39 is 0 Å². The maximum absolute atomic E-state index is 13.5. The number of pyridine rings is 2. The number of aryl methyl sites for hydroxylation is 2. The van der Waals surface area contributed by atoms with Gasteiger partial charge >= 0.3 is 0 Å². The third-order valence-electron chi connectivity index (χ3n) is 9.30. The predicted octanol–water partition coefficient (Wildman–Crippen LogP) is 7.08. The molecule has 2 aromatic heterocycles. The number of hydrogen-bond donors (Lipinski definition) is 1. The molecule has 0 unspecified atom stereocenters. The lowest BCUT2D eigenvalue weighted by Crippen LogP contribution is -2.29. The summed E-state index contributed by atoms with van der Waals surface area (Å²) >= 11 is 0. The van der Waals surface area contributed by atoms with Crippen LogP contribution in [0.4, 0.5) is 5.69 Å². The van der Waals surface area contributed by atoms with Crippen molar-refractivity contribution >= 4 is 11.6 Å². The average molecular weight is 562 g/mol. The summed E-state index contributed by atoms with van der Waals surface area (Å²) in [5.41, 5.74) is 10.6. The van der Waals surface area contributed by atoms with Crippen LogP contribution in [0.2, 0.25) is 0 Å². The number of aromatic nitrogens is 2. The Morgan fingerprint density at radius 3 is 2.52 bits per heavy atom. The second-order valence-corrected chi connectivity index (χ2v) is 11.7. The first kappa shape index (κ1) is 28.0. The molecule has 2 heterocycles. The highest BCUT2D eigenvalue weighted by molar-refractivity contribution is 6.05. The van der Waals surface area contributed by atoms with Gasteiger partial charge in [-0.05, 0) is 97.0 Å². The van der Waals surface area contributed by atoms with Crippen LogP contribution in [0.1, 0.15) is 70.9 Å². The van der Waals surface area contributed by atoms with Gasteiger partial charge in [0.05, 0.1) is 12.8 Å². The summed E-state index contributed by atoms with van der Waals surface area (Å²) in [5.74, 6) is 0.952. The molecule has 42 heavy (non-hydrogen) atoms. The van der Waals surface area contributed by atoms with Gasteiger partial charge in [-0.15, -0.1) is 0 Å². The number of nitrogens with one attached hydrogen (secondary N) is 1. The molecule has 0 radical (unpaired) electrons. The van der Waals surface area contributed by atoms with Crippen molar-refractivity contribution in [1.29, 1.82) is 0 Å². The highest BCUT2D eigenvalue weighted by Crippen LogP contribution is 2.41. The zero-order chi connectivity index (χ0) is 29.4. The number of carbonyl (C=O) groups excluding carboxylic acids is 1. The van der Waals surface area contributed by atoms with Crippen LogP contribution in [0.5, 0.6) is 5.88 Å². The number of anilines is 1. The predicted molar refractivity (Wildman–Crippen MR) is 168 cm³/mol. The third-order valence-corrected chi connectivity index (χ3v) is 9.30. The van der Waals surface area contributed by atoms with Crippen LogP contribution in [-0.4, -0.2) is 22.6 Å². The molecule has 0 aliphatic heterocycles. The number of benzene rings is 2. The minimum Gasteiger partial charge on any atom is -0.481 e. The first-order valence-electron chi connectivity index (χ1n) is 15.2. The average Bonchev–Trinajstić information content (AvgIpc) is 3.45. The van der Waals surface area contributed by atoms with Crippen molar-refractivity contribution < 1.29 is 9.53 Å².